The number of aryl methyl sites for hydroxylation is 1. The number of rotatable bonds is 0. The number of aromatic nitrogens is 2. The van der Waals surface area contributed by atoms with Gasteiger partial charge in [0.05, 0.1) is 15.6 Å². The van der Waals surface area contributed by atoms with E-state index < -0.39 is 0 Å². The molecule has 4 heteroatoms. The van der Waals surface area contributed by atoms with E-state index in [9.17, 15) is 4.79 Å². The van der Waals surface area contributed by atoms with Gasteiger partial charge >= 0.3 is 5.69 Å². The van der Waals surface area contributed by atoms with E-state index in [0.717, 1.165) is 26.6 Å². The molecule has 3 rings (SSSR count). The summed E-state index contributed by atoms with van der Waals surface area (Å²) in [6.45, 7) is 1.98. The van der Waals surface area contributed by atoms with Crippen LogP contribution in [0.15, 0.2) is 39.7 Å². The second-order valence-electron chi connectivity index (χ2n) is 3.81. The van der Waals surface area contributed by atoms with Gasteiger partial charge in [-0.05, 0) is 40.5 Å². The van der Waals surface area contributed by atoms with Crippen LogP contribution in [0, 0.1) is 6.92 Å². The highest BCUT2D eigenvalue weighted by atomic mass is 79.9. The largest absolute Gasteiger partial charge is 0.331 e. The highest BCUT2D eigenvalue weighted by Crippen LogP contribution is 2.24. The first-order valence-corrected chi connectivity index (χ1v) is 5.76. The van der Waals surface area contributed by atoms with Crippen molar-refractivity contribution in [2.75, 3.05) is 0 Å². The fourth-order valence-corrected chi connectivity index (χ4v) is 2.46. The van der Waals surface area contributed by atoms with E-state index in [1.165, 1.54) is 0 Å². The van der Waals surface area contributed by atoms with Crippen LogP contribution < -0.4 is 5.69 Å². The molecule has 0 amide bonds. The summed E-state index contributed by atoms with van der Waals surface area (Å²) in [5.74, 6) is 0. The SMILES string of the molecule is Cc1cc2c3ccccc3[nH]c(=O)n2c1Br. The predicted molar refractivity (Wildman–Crippen MR) is 68.0 cm³/mol. The third-order valence-corrected chi connectivity index (χ3v) is 3.74. The first-order valence-electron chi connectivity index (χ1n) is 4.97. The Hall–Kier alpha value is -1.55. The van der Waals surface area contributed by atoms with E-state index in [4.69, 9.17) is 0 Å². The zero-order chi connectivity index (χ0) is 11.3. The van der Waals surface area contributed by atoms with Crippen LogP contribution in [0.4, 0.5) is 0 Å². The highest BCUT2D eigenvalue weighted by molar-refractivity contribution is 9.10. The molecule has 1 N–H and O–H groups in total. The normalized spacial score (nSPS) is 11.4. The molecule has 0 unspecified atom stereocenters. The number of nitrogens with one attached hydrogen (secondary N) is 1. The molecule has 0 radical (unpaired) electrons. The summed E-state index contributed by atoms with van der Waals surface area (Å²) in [5.41, 5.74) is 2.74. The van der Waals surface area contributed by atoms with Crippen molar-refractivity contribution in [3.63, 3.8) is 0 Å². The number of halogens is 1. The fraction of sp³-hybridized carbons (Fsp3) is 0.0833. The lowest BCUT2D eigenvalue weighted by Gasteiger charge is -2.01. The third-order valence-electron chi connectivity index (χ3n) is 2.76. The van der Waals surface area contributed by atoms with E-state index in [1.54, 1.807) is 4.40 Å². The van der Waals surface area contributed by atoms with Crippen LogP contribution in [-0.2, 0) is 0 Å². The van der Waals surface area contributed by atoms with Crippen molar-refractivity contribution in [3.8, 4) is 0 Å². The quantitative estimate of drug-likeness (QED) is 0.674. The van der Waals surface area contributed by atoms with Gasteiger partial charge in [-0.15, -0.1) is 0 Å². The Bertz CT molecular complexity index is 755. The number of nitrogens with zero attached hydrogens (tertiary/aromatic N) is 1. The van der Waals surface area contributed by atoms with Crippen molar-refractivity contribution in [1.82, 2.24) is 9.38 Å². The Morgan fingerprint density at radius 3 is 2.88 bits per heavy atom. The van der Waals surface area contributed by atoms with Crippen LogP contribution in [0.5, 0.6) is 0 Å². The Kier molecular flexibility index (Phi) is 1.94. The molecule has 2 heterocycles. The average molecular weight is 277 g/mol. The maximum Gasteiger partial charge on any atom is 0.331 e. The minimum absolute atomic E-state index is 0.117. The van der Waals surface area contributed by atoms with Gasteiger partial charge in [0.25, 0.3) is 0 Å². The van der Waals surface area contributed by atoms with Crippen LogP contribution in [0.1, 0.15) is 5.56 Å². The molecule has 3 nitrogen and oxygen atoms in total. The molecular formula is C12H9BrN2O. The molecule has 0 fully saturated rings. The van der Waals surface area contributed by atoms with Gasteiger partial charge in [-0.25, -0.2) is 4.79 Å². The van der Waals surface area contributed by atoms with Gasteiger partial charge in [0, 0.05) is 5.39 Å². The van der Waals surface area contributed by atoms with Crippen molar-refractivity contribution < 1.29 is 0 Å². The summed E-state index contributed by atoms with van der Waals surface area (Å²) < 4.78 is 2.46. The number of para-hydroxylation sites is 1. The highest BCUT2D eigenvalue weighted by Gasteiger charge is 2.09. The molecule has 0 aliphatic carbocycles. The molecule has 80 valence electrons. The number of fused-ring (bicyclic) bond motifs is 3. The molecule has 0 saturated heterocycles. The van der Waals surface area contributed by atoms with Gasteiger partial charge in [-0.3, -0.25) is 4.40 Å². The molecule has 16 heavy (non-hydrogen) atoms. The van der Waals surface area contributed by atoms with E-state index in [0.29, 0.717) is 0 Å². The Balaban J connectivity index is 2.70. The van der Waals surface area contributed by atoms with Crippen molar-refractivity contribution in [1.29, 1.82) is 0 Å². The smallest absolute Gasteiger partial charge is 0.307 e. The van der Waals surface area contributed by atoms with Gasteiger partial charge in [0.15, 0.2) is 0 Å². The summed E-state index contributed by atoms with van der Waals surface area (Å²) in [5, 5.41) is 1.05. The molecule has 3 aromatic rings. The molecular weight excluding hydrogens is 268 g/mol. The van der Waals surface area contributed by atoms with Gasteiger partial charge in [-0.2, -0.15) is 0 Å². The van der Waals surface area contributed by atoms with Gasteiger partial charge in [0.2, 0.25) is 0 Å². The molecule has 0 aliphatic heterocycles. The van der Waals surface area contributed by atoms with Crippen molar-refractivity contribution in [2.45, 2.75) is 6.92 Å². The first kappa shape index (κ1) is 9.66. The van der Waals surface area contributed by atoms with Gasteiger partial charge in [0.1, 0.15) is 0 Å². The lowest BCUT2D eigenvalue weighted by molar-refractivity contribution is 1.01. The summed E-state index contributed by atoms with van der Waals surface area (Å²) in [6.07, 6.45) is 0. The second kappa shape index (κ2) is 3.22. The van der Waals surface area contributed by atoms with Crippen molar-refractivity contribution in [3.05, 3.63) is 51.0 Å². The van der Waals surface area contributed by atoms with Crippen LogP contribution in [0.25, 0.3) is 16.4 Å². The van der Waals surface area contributed by atoms with Crippen LogP contribution in [0.2, 0.25) is 0 Å². The molecule has 2 aromatic heterocycles. The predicted octanol–water partition coefficient (Wildman–Crippen LogP) is 2.85. The summed E-state index contributed by atoms with van der Waals surface area (Å²) in [7, 11) is 0. The summed E-state index contributed by atoms with van der Waals surface area (Å²) >= 11 is 3.43. The number of aromatic amines is 1. The summed E-state index contributed by atoms with van der Waals surface area (Å²) in [4.78, 5) is 14.8. The Labute approximate surface area is 99.8 Å². The van der Waals surface area contributed by atoms with Gasteiger partial charge < -0.3 is 4.98 Å². The lowest BCUT2D eigenvalue weighted by Crippen LogP contribution is -2.16. The molecule has 0 aliphatic rings. The van der Waals surface area contributed by atoms with Crippen LogP contribution in [0.3, 0.4) is 0 Å². The fourth-order valence-electron chi connectivity index (χ4n) is 1.99. The molecule has 0 spiro atoms. The van der Waals surface area contributed by atoms with Crippen molar-refractivity contribution in [2.24, 2.45) is 0 Å². The number of H-pyrrole nitrogens is 1. The van der Waals surface area contributed by atoms with Crippen LogP contribution >= 0.6 is 15.9 Å². The van der Waals surface area contributed by atoms with Crippen molar-refractivity contribution >= 4 is 32.3 Å². The maximum absolute atomic E-state index is 11.9. The monoisotopic (exact) mass is 276 g/mol. The Morgan fingerprint density at radius 1 is 1.31 bits per heavy atom. The zero-order valence-corrected chi connectivity index (χ0v) is 10.2. The number of hydrogen-bond donors (Lipinski definition) is 1. The lowest BCUT2D eigenvalue weighted by atomic mass is 10.2. The van der Waals surface area contributed by atoms with Gasteiger partial charge in [-0.1, -0.05) is 18.2 Å². The minimum atomic E-state index is -0.117. The third kappa shape index (κ3) is 1.16. The molecule has 1 aromatic carbocycles. The molecule has 0 atom stereocenters. The minimum Gasteiger partial charge on any atom is -0.307 e. The number of hydrogen-bond acceptors (Lipinski definition) is 1. The van der Waals surface area contributed by atoms with E-state index >= 15 is 0 Å². The number of benzene rings is 1. The standard InChI is InChI=1S/C12H9BrN2O/c1-7-6-10-8-4-2-3-5-9(8)14-12(16)15(10)11(7)13/h2-6H,1H3,(H,14,16). The average Bonchev–Trinajstić information content (AvgIpc) is 2.57. The molecule has 0 saturated carbocycles. The maximum atomic E-state index is 11.9. The topological polar surface area (TPSA) is 37.3 Å². The van der Waals surface area contributed by atoms with E-state index in [-0.39, 0.29) is 5.69 Å². The van der Waals surface area contributed by atoms with E-state index in [2.05, 4.69) is 20.9 Å². The Morgan fingerprint density at radius 2 is 2.06 bits per heavy atom. The molecule has 0 bridgehead atoms. The summed E-state index contributed by atoms with van der Waals surface area (Å²) in [6, 6.07) is 9.82. The van der Waals surface area contributed by atoms with Crippen LogP contribution in [-0.4, -0.2) is 9.38 Å². The second-order valence-corrected chi connectivity index (χ2v) is 4.57. The zero-order valence-electron chi connectivity index (χ0n) is 8.62. The first-order chi connectivity index (χ1) is 7.68. The van der Waals surface area contributed by atoms with E-state index in [1.807, 2.05) is 37.3 Å².